The molecule has 1 spiro atoms. The van der Waals surface area contributed by atoms with Crippen molar-refractivity contribution in [3.05, 3.63) is 78.9 Å². The van der Waals surface area contributed by atoms with Crippen LogP contribution < -0.4 is 14.7 Å². The number of hydrogen-bond acceptors (Lipinski definition) is 6. The summed E-state index contributed by atoms with van der Waals surface area (Å²) in [6.07, 6.45) is 7.98. The Morgan fingerprint density at radius 2 is 1.45 bits per heavy atom. The van der Waals surface area contributed by atoms with Crippen molar-refractivity contribution in [3.63, 3.8) is 0 Å². The van der Waals surface area contributed by atoms with Crippen molar-refractivity contribution in [1.82, 2.24) is 4.90 Å². The number of amides is 3. The average molecular weight is 599 g/mol. The Bertz CT molecular complexity index is 1470. The van der Waals surface area contributed by atoms with Gasteiger partial charge in [-0.1, -0.05) is 49.4 Å². The molecule has 2 aromatic carbocycles. The highest BCUT2D eigenvalue weighted by molar-refractivity contribution is 6.07. The van der Waals surface area contributed by atoms with Gasteiger partial charge in [0.15, 0.2) is 0 Å². The van der Waals surface area contributed by atoms with Crippen molar-refractivity contribution in [1.29, 1.82) is 0 Å². The maximum Gasteiger partial charge on any atom is 0.253 e. The molecule has 1 N–H and O–H groups in total. The van der Waals surface area contributed by atoms with Gasteiger partial charge >= 0.3 is 0 Å². The van der Waals surface area contributed by atoms with Crippen LogP contribution in [0.5, 0.6) is 0 Å². The summed E-state index contributed by atoms with van der Waals surface area (Å²) in [5, 5.41) is 10.4. The average Bonchev–Trinajstić information content (AvgIpc) is 3.30. The van der Waals surface area contributed by atoms with Gasteiger partial charge < -0.3 is 29.4 Å². The fourth-order valence-corrected chi connectivity index (χ4v) is 7.77. The van der Waals surface area contributed by atoms with Gasteiger partial charge in [0.2, 0.25) is 11.8 Å². The molecule has 0 saturated carbocycles. The van der Waals surface area contributed by atoms with Gasteiger partial charge in [0, 0.05) is 43.2 Å². The third-order valence-corrected chi connectivity index (χ3v) is 9.93. The van der Waals surface area contributed by atoms with Gasteiger partial charge in [-0.3, -0.25) is 14.4 Å². The first-order chi connectivity index (χ1) is 21.2. The topological polar surface area (TPSA) is 93.6 Å². The predicted molar refractivity (Wildman–Crippen MR) is 170 cm³/mol. The summed E-state index contributed by atoms with van der Waals surface area (Å²) in [6, 6.07) is 15.6. The number of anilines is 3. The van der Waals surface area contributed by atoms with Crippen LogP contribution in [0.15, 0.2) is 78.9 Å². The predicted octanol–water partition coefficient (Wildman–Crippen LogP) is 3.78. The van der Waals surface area contributed by atoms with Crippen LogP contribution in [0.1, 0.15) is 34.1 Å². The van der Waals surface area contributed by atoms with E-state index < -0.39 is 35.1 Å². The molecule has 4 heterocycles. The maximum atomic E-state index is 14.7. The van der Waals surface area contributed by atoms with Crippen LogP contribution in [0.3, 0.4) is 0 Å². The lowest BCUT2D eigenvalue weighted by atomic mass is 9.74. The number of carbonyl (C=O) groups is 3. The van der Waals surface area contributed by atoms with Crippen LogP contribution in [-0.2, 0) is 19.1 Å². The van der Waals surface area contributed by atoms with E-state index in [4.69, 9.17) is 4.74 Å². The minimum Gasteiger partial charge on any atom is -0.394 e. The Morgan fingerprint density at radius 1 is 0.841 bits per heavy atom. The molecule has 9 heteroatoms. The Kier molecular flexibility index (Phi) is 7.88. The SMILES string of the molecule is CC[C@@H](CO)N1C(=O)[C@@H]2[C@@H]3C(=O)N(c4ccccc4)CC=C[C@]3(C)O[C@@]23C=CCN(c2ccc(N(CC)CC)cc2)C(=O)C13. The number of aliphatic hydroxyl groups is 1. The number of aliphatic hydroxyl groups excluding tert-OH is 1. The minimum absolute atomic E-state index is 0.217. The van der Waals surface area contributed by atoms with Crippen molar-refractivity contribution in [3.8, 4) is 0 Å². The molecule has 9 nitrogen and oxygen atoms in total. The lowest BCUT2D eigenvalue weighted by Crippen LogP contribution is -2.58. The Balaban J connectivity index is 1.44. The van der Waals surface area contributed by atoms with Gasteiger partial charge in [0.25, 0.3) is 5.91 Å². The van der Waals surface area contributed by atoms with Gasteiger partial charge in [-0.05, 0) is 63.6 Å². The molecule has 232 valence electrons. The maximum absolute atomic E-state index is 14.7. The van der Waals surface area contributed by atoms with Crippen LogP contribution in [0, 0.1) is 11.8 Å². The van der Waals surface area contributed by atoms with Gasteiger partial charge in [-0.25, -0.2) is 0 Å². The van der Waals surface area contributed by atoms with Crippen molar-refractivity contribution in [2.24, 2.45) is 11.8 Å². The molecule has 0 aliphatic carbocycles. The van der Waals surface area contributed by atoms with Crippen LogP contribution in [0.4, 0.5) is 17.1 Å². The standard InChI is InChI=1S/C35H42N4O5/c1-5-24(23-40)39-30-33(43)38(27-17-15-25(16-18-27)36(6-2)7-3)22-12-20-35(30)29(32(39)42)28-31(41)37(26-13-9-8-10-14-26)21-11-19-34(28,4)44-35/h8-20,24,28-30,40H,5-7,21-23H2,1-4H3/t24-,28+,29-,30?,34-,35-/m0/s1. The zero-order chi connectivity index (χ0) is 31.2. The third kappa shape index (κ3) is 4.47. The number of rotatable bonds is 8. The normalized spacial score (nSPS) is 30.2. The summed E-state index contributed by atoms with van der Waals surface area (Å²) in [5.41, 5.74) is 0.0194. The highest BCUT2D eigenvalue weighted by atomic mass is 16.5. The first-order valence-electron chi connectivity index (χ1n) is 15.8. The molecule has 44 heavy (non-hydrogen) atoms. The van der Waals surface area contributed by atoms with E-state index in [0.29, 0.717) is 18.7 Å². The third-order valence-electron chi connectivity index (χ3n) is 9.93. The Labute approximate surface area is 259 Å². The smallest absolute Gasteiger partial charge is 0.253 e. The quantitative estimate of drug-likeness (QED) is 0.465. The molecule has 0 radical (unpaired) electrons. The molecule has 4 aliphatic rings. The fourth-order valence-electron chi connectivity index (χ4n) is 7.77. The first-order valence-corrected chi connectivity index (χ1v) is 15.8. The number of benzene rings is 2. The number of hydrogen-bond donors (Lipinski definition) is 1. The number of fused-ring (bicyclic) bond motifs is 2. The first kappa shape index (κ1) is 30.1. The summed E-state index contributed by atoms with van der Waals surface area (Å²) in [5.74, 6) is -2.65. The molecule has 6 rings (SSSR count). The zero-order valence-corrected chi connectivity index (χ0v) is 25.9. The second-order valence-corrected chi connectivity index (χ2v) is 12.2. The number of likely N-dealkylation sites (tertiary alicyclic amines) is 1. The molecule has 2 saturated heterocycles. The number of nitrogens with zero attached hydrogens (tertiary/aromatic N) is 4. The van der Waals surface area contributed by atoms with E-state index in [9.17, 15) is 19.5 Å². The van der Waals surface area contributed by atoms with E-state index in [0.717, 1.165) is 24.5 Å². The minimum atomic E-state index is -1.38. The lowest BCUT2D eigenvalue weighted by molar-refractivity contribution is -0.148. The van der Waals surface area contributed by atoms with Crippen LogP contribution in [0.25, 0.3) is 0 Å². The summed E-state index contributed by atoms with van der Waals surface area (Å²) in [4.78, 5) is 51.0. The number of ether oxygens (including phenoxy) is 1. The monoisotopic (exact) mass is 598 g/mol. The molecular formula is C35H42N4O5. The highest BCUT2D eigenvalue weighted by Gasteiger charge is 2.75. The second kappa shape index (κ2) is 11.5. The summed E-state index contributed by atoms with van der Waals surface area (Å²) in [6.45, 7) is 10.0. The molecule has 2 aromatic rings. The molecular weight excluding hydrogens is 556 g/mol. The van der Waals surface area contributed by atoms with E-state index in [1.165, 1.54) is 4.90 Å². The number of carbonyl (C=O) groups excluding carboxylic acids is 3. The van der Waals surface area contributed by atoms with Gasteiger partial charge in [-0.2, -0.15) is 0 Å². The van der Waals surface area contributed by atoms with E-state index in [1.807, 2.05) is 92.7 Å². The summed E-state index contributed by atoms with van der Waals surface area (Å²) in [7, 11) is 0. The molecule has 1 unspecified atom stereocenters. The summed E-state index contributed by atoms with van der Waals surface area (Å²) < 4.78 is 6.94. The molecule has 3 amide bonds. The van der Waals surface area contributed by atoms with Crippen LogP contribution in [-0.4, -0.2) is 83.8 Å². The van der Waals surface area contributed by atoms with E-state index in [1.54, 1.807) is 9.80 Å². The van der Waals surface area contributed by atoms with E-state index in [2.05, 4.69) is 18.7 Å². The van der Waals surface area contributed by atoms with Crippen molar-refractivity contribution in [2.45, 2.75) is 57.4 Å². The molecule has 6 atom stereocenters. The van der Waals surface area contributed by atoms with Crippen molar-refractivity contribution >= 4 is 34.8 Å². The van der Waals surface area contributed by atoms with Crippen LogP contribution in [0.2, 0.25) is 0 Å². The zero-order valence-electron chi connectivity index (χ0n) is 25.9. The van der Waals surface area contributed by atoms with E-state index >= 15 is 0 Å². The molecule has 0 bridgehead atoms. The van der Waals surface area contributed by atoms with Crippen LogP contribution >= 0.6 is 0 Å². The Hall–Kier alpha value is -3.95. The largest absolute Gasteiger partial charge is 0.394 e. The molecule has 2 fully saturated rings. The van der Waals surface area contributed by atoms with E-state index in [-0.39, 0.29) is 30.9 Å². The van der Waals surface area contributed by atoms with Crippen molar-refractivity contribution in [2.75, 3.05) is 47.5 Å². The molecule has 4 aliphatic heterocycles. The van der Waals surface area contributed by atoms with Gasteiger partial charge in [-0.15, -0.1) is 0 Å². The Morgan fingerprint density at radius 3 is 2.07 bits per heavy atom. The fraction of sp³-hybridized carbons (Fsp3) is 0.457. The number of para-hydroxylation sites is 1. The van der Waals surface area contributed by atoms with Gasteiger partial charge in [0.1, 0.15) is 11.6 Å². The molecule has 0 aromatic heterocycles. The van der Waals surface area contributed by atoms with Gasteiger partial charge in [0.05, 0.1) is 30.1 Å². The highest BCUT2D eigenvalue weighted by Crippen LogP contribution is 2.58. The lowest BCUT2D eigenvalue weighted by Gasteiger charge is -2.40. The second-order valence-electron chi connectivity index (χ2n) is 12.2. The van der Waals surface area contributed by atoms with Crippen molar-refractivity contribution < 1.29 is 24.2 Å². The summed E-state index contributed by atoms with van der Waals surface area (Å²) >= 11 is 0.